The van der Waals surface area contributed by atoms with Crippen LogP contribution in [0.25, 0.3) is 5.57 Å². The van der Waals surface area contributed by atoms with Crippen LogP contribution >= 0.6 is 0 Å². The molecule has 2 amide bonds. The molecular formula is C20H28N2O5. The van der Waals surface area contributed by atoms with Crippen LogP contribution in [0.15, 0.2) is 30.0 Å². The number of benzene rings is 1. The maximum atomic E-state index is 13.1. The van der Waals surface area contributed by atoms with Gasteiger partial charge in [0, 0.05) is 39.4 Å². The molecule has 0 spiro atoms. The quantitative estimate of drug-likeness (QED) is 0.549. The van der Waals surface area contributed by atoms with Crippen LogP contribution in [0.2, 0.25) is 0 Å². The Morgan fingerprint density at radius 3 is 2.15 bits per heavy atom. The van der Waals surface area contributed by atoms with Crippen molar-refractivity contribution in [2.75, 3.05) is 54.2 Å². The molecule has 0 fully saturated rings. The fourth-order valence-corrected chi connectivity index (χ4v) is 3.12. The van der Waals surface area contributed by atoms with Crippen molar-refractivity contribution in [2.45, 2.75) is 13.3 Å². The summed E-state index contributed by atoms with van der Waals surface area (Å²) in [6, 6.07) is 7.26. The van der Waals surface area contributed by atoms with Gasteiger partial charge in [-0.3, -0.25) is 14.5 Å². The van der Waals surface area contributed by atoms with E-state index in [1.807, 2.05) is 24.0 Å². The van der Waals surface area contributed by atoms with Crippen LogP contribution in [0.1, 0.15) is 18.9 Å². The van der Waals surface area contributed by atoms with Crippen molar-refractivity contribution in [3.8, 4) is 5.75 Å². The molecule has 0 atom stereocenters. The number of hydrogen-bond donors (Lipinski definition) is 0. The Hall–Kier alpha value is -2.38. The van der Waals surface area contributed by atoms with Gasteiger partial charge in [-0.05, 0) is 12.5 Å². The highest BCUT2D eigenvalue weighted by Gasteiger charge is 2.41. The summed E-state index contributed by atoms with van der Waals surface area (Å²) >= 11 is 0. The molecule has 0 aromatic heterocycles. The van der Waals surface area contributed by atoms with Crippen molar-refractivity contribution in [1.82, 2.24) is 9.80 Å². The molecule has 7 nitrogen and oxygen atoms in total. The van der Waals surface area contributed by atoms with Crippen molar-refractivity contribution >= 4 is 17.4 Å². The lowest BCUT2D eigenvalue weighted by Gasteiger charge is -2.25. The summed E-state index contributed by atoms with van der Waals surface area (Å²) in [5.41, 5.74) is 1.37. The number of nitrogens with zero attached hydrogens (tertiary/aromatic N) is 2. The third-order valence-corrected chi connectivity index (χ3v) is 4.41. The zero-order chi connectivity index (χ0) is 19.8. The number of carbonyl (C=O) groups excluding carboxylic acids is 2. The molecule has 1 aliphatic rings. The molecule has 27 heavy (non-hydrogen) atoms. The van der Waals surface area contributed by atoms with Gasteiger partial charge < -0.3 is 19.1 Å². The highest BCUT2D eigenvalue weighted by atomic mass is 16.5. The summed E-state index contributed by atoms with van der Waals surface area (Å²) in [6.45, 7) is 4.14. The Morgan fingerprint density at radius 1 is 0.963 bits per heavy atom. The summed E-state index contributed by atoms with van der Waals surface area (Å²) in [5.74, 6) is -0.0147. The largest absolute Gasteiger partial charge is 0.496 e. The fraction of sp³-hybridized carbons (Fsp3) is 0.500. The number of hydrogen-bond acceptors (Lipinski definition) is 6. The van der Waals surface area contributed by atoms with Crippen LogP contribution in [-0.2, 0) is 19.1 Å². The third-order valence-electron chi connectivity index (χ3n) is 4.41. The lowest BCUT2D eigenvalue weighted by molar-refractivity contribution is -0.137. The number of amides is 2. The molecule has 1 heterocycles. The predicted molar refractivity (Wildman–Crippen MR) is 102 cm³/mol. The average Bonchev–Trinajstić information content (AvgIpc) is 2.93. The van der Waals surface area contributed by atoms with Crippen LogP contribution in [0.3, 0.4) is 0 Å². The minimum atomic E-state index is -0.291. The van der Waals surface area contributed by atoms with Crippen LogP contribution in [-0.4, -0.2) is 75.8 Å². The number of carbonyl (C=O) groups is 2. The summed E-state index contributed by atoms with van der Waals surface area (Å²) in [6.07, 6.45) is 0.695. The molecular weight excluding hydrogens is 348 g/mol. The Balaban J connectivity index is 2.59. The van der Waals surface area contributed by atoms with E-state index in [2.05, 4.69) is 0 Å². The van der Waals surface area contributed by atoms with Gasteiger partial charge in [0.2, 0.25) is 0 Å². The summed E-state index contributed by atoms with van der Waals surface area (Å²) < 4.78 is 15.8. The Morgan fingerprint density at radius 2 is 1.59 bits per heavy atom. The molecule has 148 valence electrons. The van der Waals surface area contributed by atoms with Gasteiger partial charge in [0.05, 0.1) is 25.9 Å². The maximum Gasteiger partial charge on any atom is 0.277 e. The highest BCUT2D eigenvalue weighted by Crippen LogP contribution is 2.36. The van der Waals surface area contributed by atoms with E-state index in [0.29, 0.717) is 61.9 Å². The van der Waals surface area contributed by atoms with Gasteiger partial charge in [-0.1, -0.05) is 25.1 Å². The van der Waals surface area contributed by atoms with Gasteiger partial charge in [-0.15, -0.1) is 0 Å². The zero-order valence-electron chi connectivity index (χ0n) is 16.5. The van der Waals surface area contributed by atoms with Crippen LogP contribution in [0, 0.1) is 0 Å². The van der Waals surface area contributed by atoms with E-state index in [0.717, 1.165) is 0 Å². The van der Waals surface area contributed by atoms with Gasteiger partial charge in [0.15, 0.2) is 0 Å². The number of para-hydroxylation sites is 1. The molecule has 0 radical (unpaired) electrons. The number of methoxy groups -OCH3 is 3. The summed E-state index contributed by atoms with van der Waals surface area (Å²) in [7, 11) is 4.77. The lowest BCUT2D eigenvalue weighted by atomic mass is 10.0. The van der Waals surface area contributed by atoms with E-state index < -0.39 is 0 Å². The molecule has 2 rings (SSSR count). The average molecular weight is 376 g/mol. The monoisotopic (exact) mass is 376 g/mol. The van der Waals surface area contributed by atoms with Gasteiger partial charge >= 0.3 is 0 Å². The van der Waals surface area contributed by atoms with Crippen molar-refractivity contribution in [3.63, 3.8) is 0 Å². The predicted octanol–water partition coefficient (Wildman–Crippen LogP) is 1.78. The van der Waals surface area contributed by atoms with Crippen LogP contribution in [0.4, 0.5) is 0 Å². The molecule has 1 aromatic carbocycles. The topological polar surface area (TPSA) is 68.3 Å². The second-order valence-electron chi connectivity index (χ2n) is 6.16. The van der Waals surface area contributed by atoms with E-state index in [1.165, 1.54) is 4.90 Å². The molecule has 0 N–H and O–H groups in total. The molecule has 0 saturated carbocycles. The summed E-state index contributed by atoms with van der Waals surface area (Å²) in [5, 5.41) is 0. The van der Waals surface area contributed by atoms with Gasteiger partial charge in [-0.2, -0.15) is 0 Å². The Bertz CT molecular complexity index is 693. The smallest absolute Gasteiger partial charge is 0.277 e. The first-order valence-corrected chi connectivity index (χ1v) is 9.07. The van der Waals surface area contributed by atoms with E-state index in [1.54, 1.807) is 33.5 Å². The fourth-order valence-electron chi connectivity index (χ4n) is 3.12. The Kier molecular flexibility index (Phi) is 7.82. The second kappa shape index (κ2) is 10.1. The van der Waals surface area contributed by atoms with Crippen molar-refractivity contribution in [1.29, 1.82) is 0 Å². The minimum Gasteiger partial charge on any atom is -0.496 e. The van der Waals surface area contributed by atoms with Crippen molar-refractivity contribution in [3.05, 3.63) is 35.5 Å². The third kappa shape index (κ3) is 4.48. The van der Waals surface area contributed by atoms with E-state index in [4.69, 9.17) is 14.2 Å². The van der Waals surface area contributed by atoms with Gasteiger partial charge in [0.1, 0.15) is 11.4 Å². The molecule has 0 saturated heterocycles. The molecule has 0 bridgehead atoms. The van der Waals surface area contributed by atoms with Gasteiger partial charge in [-0.25, -0.2) is 0 Å². The van der Waals surface area contributed by atoms with Crippen LogP contribution in [0.5, 0.6) is 5.75 Å². The number of rotatable bonds is 11. The van der Waals surface area contributed by atoms with E-state index in [9.17, 15) is 9.59 Å². The second-order valence-corrected chi connectivity index (χ2v) is 6.16. The lowest BCUT2D eigenvalue weighted by Crippen LogP contribution is -2.38. The van der Waals surface area contributed by atoms with Crippen molar-refractivity contribution < 1.29 is 23.8 Å². The van der Waals surface area contributed by atoms with Crippen LogP contribution < -0.4 is 4.74 Å². The summed E-state index contributed by atoms with van der Waals surface area (Å²) in [4.78, 5) is 29.5. The number of imide groups is 1. The SMILES string of the molecule is CCCN1C(=O)C(c2ccccc2OC)=C(N(CCOC)CCOC)C1=O. The molecule has 1 aliphatic heterocycles. The standard InChI is InChI=1S/C20H28N2O5/c1-5-10-22-19(23)17(15-8-6-7-9-16(15)27-4)18(20(22)24)21(11-13-25-2)12-14-26-3/h6-9H,5,10-14H2,1-4H3. The first kappa shape index (κ1) is 20.9. The highest BCUT2D eigenvalue weighted by molar-refractivity contribution is 6.36. The molecule has 7 heteroatoms. The first-order valence-electron chi connectivity index (χ1n) is 9.07. The molecule has 0 aliphatic carbocycles. The van der Waals surface area contributed by atoms with E-state index in [-0.39, 0.29) is 11.8 Å². The normalized spacial score (nSPS) is 14.3. The van der Waals surface area contributed by atoms with Gasteiger partial charge in [0.25, 0.3) is 11.8 Å². The van der Waals surface area contributed by atoms with Crippen molar-refractivity contribution in [2.24, 2.45) is 0 Å². The van der Waals surface area contributed by atoms with E-state index >= 15 is 0 Å². The Labute approximate surface area is 160 Å². The maximum absolute atomic E-state index is 13.1. The first-order chi connectivity index (χ1) is 13.1. The molecule has 0 unspecified atom stereocenters. The number of ether oxygens (including phenoxy) is 3. The minimum absolute atomic E-state index is 0.282. The molecule has 1 aromatic rings. The zero-order valence-corrected chi connectivity index (χ0v) is 16.5.